The van der Waals surface area contributed by atoms with Crippen molar-refractivity contribution in [3.63, 3.8) is 0 Å². The molecule has 1 atom stereocenters. The van der Waals surface area contributed by atoms with Gasteiger partial charge in [-0.1, -0.05) is 0 Å². The van der Waals surface area contributed by atoms with Gasteiger partial charge in [-0.3, -0.25) is 9.59 Å². The summed E-state index contributed by atoms with van der Waals surface area (Å²) in [4.78, 5) is 39.7. The molecule has 152 valence electrons. The second kappa shape index (κ2) is 8.88. The van der Waals surface area contributed by atoms with Crippen molar-refractivity contribution >= 4 is 17.7 Å². The van der Waals surface area contributed by atoms with Crippen LogP contribution in [-0.4, -0.2) is 60.5 Å². The highest BCUT2D eigenvalue weighted by molar-refractivity contribution is 6.07. The second-order valence-electron chi connectivity index (χ2n) is 6.49. The fourth-order valence-corrected chi connectivity index (χ4v) is 3.28. The molecule has 0 radical (unpaired) electrons. The largest absolute Gasteiger partial charge is 0.464 e. The van der Waals surface area contributed by atoms with Crippen LogP contribution < -0.4 is 0 Å². The minimum atomic E-state index is -0.780. The van der Waals surface area contributed by atoms with Gasteiger partial charge in [0.25, 0.3) is 5.91 Å². The lowest BCUT2D eigenvalue weighted by Gasteiger charge is -2.27. The molecule has 0 N–H and O–H groups in total. The van der Waals surface area contributed by atoms with Crippen molar-refractivity contribution in [2.75, 3.05) is 27.4 Å². The molecule has 0 saturated carbocycles. The SMILES string of the molecule is COCCN(C(=O)c1ccco1)[C@@H](C)C(=O)c1c(C)c(C(=O)OC)n(C)c1C. The van der Waals surface area contributed by atoms with Crippen molar-refractivity contribution in [3.05, 3.63) is 46.7 Å². The molecule has 28 heavy (non-hydrogen) atoms. The summed E-state index contributed by atoms with van der Waals surface area (Å²) in [6, 6.07) is 2.38. The second-order valence-corrected chi connectivity index (χ2v) is 6.49. The maximum Gasteiger partial charge on any atom is 0.354 e. The van der Waals surface area contributed by atoms with Gasteiger partial charge in [-0.15, -0.1) is 0 Å². The summed E-state index contributed by atoms with van der Waals surface area (Å²) < 4.78 is 16.8. The molecule has 1 amide bonds. The Labute approximate surface area is 164 Å². The summed E-state index contributed by atoms with van der Waals surface area (Å²) in [7, 11) is 4.52. The number of aromatic nitrogens is 1. The smallest absolute Gasteiger partial charge is 0.354 e. The summed E-state index contributed by atoms with van der Waals surface area (Å²) in [6.45, 7) is 5.60. The van der Waals surface area contributed by atoms with Gasteiger partial charge in [0.1, 0.15) is 5.69 Å². The van der Waals surface area contributed by atoms with Crippen LogP contribution >= 0.6 is 0 Å². The highest BCUT2D eigenvalue weighted by Gasteiger charge is 2.33. The highest BCUT2D eigenvalue weighted by atomic mass is 16.5. The number of esters is 1. The van der Waals surface area contributed by atoms with E-state index in [1.165, 1.54) is 25.4 Å². The maximum atomic E-state index is 13.3. The molecule has 0 aliphatic rings. The van der Waals surface area contributed by atoms with Crippen molar-refractivity contribution in [1.29, 1.82) is 0 Å². The molecular formula is C20H26N2O6. The van der Waals surface area contributed by atoms with Crippen LogP contribution in [-0.2, 0) is 16.5 Å². The van der Waals surface area contributed by atoms with Crippen molar-refractivity contribution in [2.24, 2.45) is 7.05 Å². The Bertz CT molecular complexity index is 866. The van der Waals surface area contributed by atoms with E-state index in [1.807, 2.05) is 0 Å². The third-order valence-corrected chi connectivity index (χ3v) is 4.93. The summed E-state index contributed by atoms with van der Waals surface area (Å²) in [5.41, 5.74) is 1.88. The van der Waals surface area contributed by atoms with Gasteiger partial charge in [-0.05, 0) is 38.5 Å². The Balaban J connectivity index is 2.43. The zero-order valence-electron chi connectivity index (χ0n) is 17.1. The fourth-order valence-electron chi connectivity index (χ4n) is 3.28. The van der Waals surface area contributed by atoms with Crippen LogP contribution in [0.2, 0.25) is 0 Å². The Morgan fingerprint density at radius 1 is 1.25 bits per heavy atom. The zero-order chi connectivity index (χ0) is 21.0. The third-order valence-electron chi connectivity index (χ3n) is 4.93. The molecule has 0 aliphatic heterocycles. The molecule has 2 rings (SSSR count). The van der Waals surface area contributed by atoms with Gasteiger partial charge in [0, 0.05) is 32.0 Å². The van der Waals surface area contributed by atoms with Crippen LogP contribution in [0, 0.1) is 13.8 Å². The van der Waals surface area contributed by atoms with Gasteiger partial charge in [0.05, 0.1) is 26.0 Å². The number of Topliss-reactive ketones (excluding diaryl/α,β-unsaturated/α-hetero) is 1. The summed E-state index contributed by atoms with van der Waals surface area (Å²) >= 11 is 0. The number of nitrogens with zero attached hydrogens (tertiary/aromatic N) is 2. The van der Waals surface area contributed by atoms with Crippen molar-refractivity contribution in [3.8, 4) is 0 Å². The van der Waals surface area contributed by atoms with Crippen LogP contribution in [0.15, 0.2) is 22.8 Å². The van der Waals surface area contributed by atoms with Gasteiger partial charge >= 0.3 is 5.97 Å². The predicted molar refractivity (Wildman–Crippen MR) is 102 cm³/mol. The van der Waals surface area contributed by atoms with Gasteiger partial charge in [-0.2, -0.15) is 0 Å². The van der Waals surface area contributed by atoms with E-state index in [2.05, 4.69) is 0 Å². The molecule has 0 unspecified atom stereocenters. The molecule has 0 saturated heterocycles. The zero-order valence-corrected chi connectivity index (χ0v) is 17.1. The number of carbonyl (C=O) groups is 3. The molecule has 0 fully saturated rings. The molecule has 0 bridgehead atoms. The Kier molecular flexibility index (Phi) is 6.80. The van der Waals surface area contributed by atoms with Gasteiger partial charge in [0.15, 0.2) is 11.5 Å². The van der Waals surface area contributed by atoms with Crippen LogP contribution in [0.3, 0.4) is 0 Å². The van der Waals surface area contributed by atoms with Crippen LogP contribution in [0.4, 0.5) is 0 Å². The number of ketones is 1. The maximum absolute atomic E-state index is 13.3. The number of methoxy groups -OCH3 is 2. The molecule has 0 aromatic carbocycles. The molecule has 2 heterocycles. The van der Waals surface area contributed by atoms with Gasteiger partial charge in [0.2, 0.25) is 0 Å². The molecule has 8 heteroatoms. The first-order valence-electron chi connectivity index (χ1n) is 8.88. The van der Waals surface area contributed by atoms with E-state index in [1.54, 1.807) is 44.5 Å². The molecule has 8 nitrogen and oxygen atoms in total. The Hall–Kier alpha value is -2.87. The van der Waals surface area contributed by atoms with E-state index in [0.717, 1.165) is 0 Å². The normalized spacial score (nSPS) is 11.9. The van der Waals surface area contributed by atoms with Gasteiger partial charge < -0.3 is 23.4 Å². The Morgan fingerprint density at radius 2 is 1.93 bits per heavy atom. The van der Waals surface area contributed by atoms with E-state index in [0.29, 0.717) is 22.5 Å². The number of hydrogen-bond donors (Lipinski definition) is 0. The quantitative estimate of drug-likeness (QED) is 0.508. The summed E-state index contributed by atoms with van der Waals surface area (Å²) in [5.74, 6) is -1.04. The van der Waals surface area contributed by atoms with E-state index >= 15 is 0 Å². The fraction of sp³-hybridized carbons (Fsp3) is 0.450. The minimum Gasteiger partial charge on any atom is -0.464 e. The number of furan rings is 1. The standard InChI is InChI=1S/C20H26N2O6/c1-12-16(13(2)21(4)17(12)20(25)27-6)18(23)14(3)22(9-11-26-5)19(24)15-8-7-10-28-15/h7-8,10,14H,9,11H2,1-6H3/t14-/m0/s1. The van der Waals surface area contributed by atoms with Crippen molar-refractivity contribution in [1.82, 2.24) is 9.47 Å². The van der Waals surface area contributed by atoms with Crippen LogP contribution in [0.5, 0.6) is 0 Å². The topological polar surface area (TPSA) is 91.0 Å². The van der Waals surface area contributed by atoms with Gasteiger partial charge in [-0.25, -0.2) is 4.79 Å². The molecule has 0 spiro atoms. The van der Waals surface area contributed by atoms with Crippen LogP contribution in [0.1, 0.15) is 49.6 Å². The molecule has 2 aromatic heterocycles. The van der Waals surface area contributed by atoms with Crippen molar-refractivity contribution in [2.45, 2.75) is 26.8 Å². The van der Waals surface area contributed by atoms with Crippen molar-refractivity contribution < 1.29 is 28.3 Å². The number of rotatable bonds is 8. The first-order valence-corrected chi connectivity index (χ1v) is 8.88. The molecule has 0 aliphatic carbocycles. The number of ether oxygens (including phenoxy) is 2. The number of carbonyl (C=O) groups excluding carboxylic acids is 3. The number of amides is 1. The van der Waals surface area contributed by atoms with E-state index in [4.69, 9.17) is 13.9 Å². The average molecular weight is 390 g/mol. The third kappa shape index (κ3) is 3.87. The van der Waals surface area contributed by atoms with E-state index in [-0.39, 0.29) is 24.7 Å². The first-order chi connectivity index (χ1) is 13.3. The Morgan fingerprint density at radius 3 is 2.46 bits per heavy atom. The number of hydrogen-bond acceptors (Lipinski definition) is 6. The molecule has 2 aromatic rings. The monoisotopic (exact) mass is 390 g/mol. The lowest BCUT2D eigenvalue weighted by Crippen LogP contribution is -2.45. The summed E-state index contributed by atoms with van der Waals surface area (Å²) in [6.07, 6.45) is 1.41. The first kappa shape index (κ1) is 21.4. The predicted octanol–water partition coefficient (Wildman–Crippen LogP) is 2.38. The van der Waals surface area contributed by atoms with E-state index < -0.39 is 17.9 Å². The lowest BCUT2D eigenvalue weighted by molar-refractivity contribution is 0.0539. The highest BCUT2D eigenvalue weighted by Crippen LogP contribution is 2.25. The molecular weight excluding hydrogens is 364 g/mol. The minimum absolute atomic E-state index is 0.146. The average Bonchev–Trinajstić information content (AvgIpc) is 3.28. The summed E-state index contributed by atoms with van der Waals surface area (Å²) in [5, 5.41) is 0. The van der Waals surface area contributed by atoms with E-state index in [9.17, 15) is 14.4 Å². The lowest BCUT2D eigenvalue weighted by atomic mass is 9.99. The van der Waals surface area contributed by atoms with Crippen LogP contribution in [0.25, 0.3) is 0 Å².